The van der Waals surface area contributed by atoms with Crippen LogP contribution in [0, 0.1) is 5.92 Å². The summed E-state index contributed by atoms with van der Waals surface area (Å²) in [4.78, 5) is 14.3. The van der Waals surface area contributed by atoms with Crippen molar-refractivity contribution < 1.29 is 14.3 Å². The van der Waals surface area contributed by atoms with Crippen LogP contribution in [-0.4, -0.2) is 16.1 Å². The Hall–Kier alpha value is -1.36. The SMILES string of the molecule is CC(C)C[C@H](N)c1ncc(C(=O)O)o1. The van der Waals surface area contributed by atoms with Crippen LogP contribution >= 0.6 is 0 Å². The zero-order chi connectivity index (χ0) is 10.7. The summed E-state index contributed by atoms with van der Waals surface area (Å²) >= 11 is 0. The molecule has 0 aliphatic heterocycles. The molecule has 3 N–H and O–H groups in total. The molecular weight excluding hydrogens is 184 g/mol. The van der Waals surface area contributed by atoms with E-state index in [0.29, 0.717) is 5.92 Å². The summed E-state index contributed by atoms with van der Waals surface area (Å²) < 4.78 is 4.97. The van der Waals surface area contributed by atoms with E-state index in [9.17, 15) is 4.79 Å². The molecule has 0 aromatic carbocycles. The minimum absolute atomic E-state index is 0.167. The second kappa shape index (κ2) is 4.23. The number of carbonyl (C=O) groups is 1. The summed E-state index contributed by atoms with van der Waals surface area (Å²) in [7, 11) is 0. The van der Waals surface area contributed by atoms with Crippen molar-refractivity contribution in [1.82, 2.24) is 4.98 Å². The molecule has 5 nitrogen and oxygen atoms in total. The monoisotopic (exact) mass is 198 g/mol. The van der Waals surface area contributed by atoms with E-state index in [-0.39, 0.29) is 17.7 Å². The third-order valence-corrected chi connectivity index (χ3v) is 1.78. The molecule has 1 heterocycles. The number of hydrogen-bond donors (Lipinski definition) is 2. The Kier molecular flexibility index (Phi) is 3.24. The van der Waals surface area contributed by atoms with Crippen LogP contribution in [0.5, 0.6) is 0 Å². The fourth-order valence-electron chi connectivity index (χ4n) is 1.17. The second-order valence-corrected chi connectivity index (χ2v) is 3.60. The van der Waals surface area contributed by atoms with E-state index >= 15 is 0 Å². The van der Waals surface area contributed by atoms with Crippen LogP contribution in [0.4, 0.5) is 0 Å². The van der Waals surface area contributed by atoms with Crippen LogP contribution in [0.15, 0.2) is 10.6 Å². The summed E-state index contributed by atoms with van der Waals surface area (Å²) in [5.41, 5.74) is 5.76. The lowest BCUT2D eigenvalue weighted by Crippen LogP contribution is -2.13. The van der Waals surface area contributed by atoms with Gasteiger partial charge in [-0.3, -0.25) is 0 Å². The third kappa shape index (κ3) is 2.56. The lowest BCUT2D eigenvalue weighted by Gasteiger charge is -2.09. The van der Waals surface area contributed by atoms with E-state index in [1.54, 1.807) is 0 Å². The highest BCUT2D eigenvalue weighted by Crippen LogP contribution is 2.18. The van der Waals surface area contributed by atoms with Crippen LogP contribution in [-0.2, 0) is 0 Å². The molecule has 1 atom stereocenters. The van der Waals surface area contributed by atoms with E-state index in [0.717, 1.165) is 6.42 Å². The molecule has 0 radical (unpaired) electrons. The van der Waals surface area contributed by atoms with Gasteiger partial charge < -0.3 is 15.3 Å². The first-order valence-electron chi connectivity index (χ1n) is 4.45. The fraction of sp³-hybridized carbons (Fsp3) is 0.556. The van der Waals surface area contributed by atoms with Gasteiger partial charge in [-0.25, -0.2) is 9.78 Å². The van der Waals surface area contributed by atoms with Gasteiger partial charge in [-0.05, 0) is 12.3 Å². The topological polar surface area (TPSA) is 89.3 Å². The van der Waals surface area contributed by atoms with Crippen molar-refractivity contribution in [1.29, 1.82) is 0 Å². The number of nitrogens with zero attached hydrogens (tertiary/aromatic N) is 1. The Morgan fingerprint density at radius 2 is 2.36 bits per heavy atom. The Morgan fingerprint density at radius 3 is 2.79 bits per heavy atom. The lowest BCUT2D eigenvalue weighted by atomic mass is 10.0. The molecule has 0 fully saturated rings. The largest absolute Gasteiger partial charge is 0.475 e. The van der Waals surface area contributed by atoms with Gasteiger partial charge in [-0.1, -0.05) is 13.8 Å². The average molecular weight is 198 g/mol. The van der Waals surface area contributed by atoms with Gasteiger partial charge >= 0.3 is 5.97 Å². The van der Waals surface area contributed by atoms with Crippen LogP contribution < -0.4 is 5.73 Å². The molecule has 0 aliphatic carbocycles. The van der Waals surface area contributed by atoms with Gasteiger partial charge in [0.1, 0.15) is 0 Å². The number of aromatic nitrogens is 1. The molecule has 0 bridgehead atoms. The maximum absolute atomic E-state index is 10.5. The number of oxazole rings is 1. The van der Waals surface area contributed by atoms with E-state index < -0.39 is 5.97 Å². The highest BCUT2D eigenvalue weighted by molar-refractivity contribution is 5.83. The molecule has 1 aromatic rings. The van der Waals surface area contributed by atoms with E-state index in [4.69, 9.17) is 15.3 Å². The van der Waals surface area contributed by atoms with Crippen LogP contribution in [0.2, 0.25) is 0 Å². The summed E-state index contributed by atoms with van der Waals surface area (Å²) in [6, 6.07) is -0.330. The van der Waals surface area contributed by atoms with Gasteiger partial charge in [0.2, 0.25) is 11.7 Å². The fourth-order valence-corrected chi connectivity index (χ4v) is 1.17. The first-order chi connectivity index (χ1) is 6.50. The smallest absolute Gasteiger partial charge is 0.373 e. The predicted molar refractivity (Wildman–Crippen MR) is 49.8 cm³/mol. The number of nitrogens with two attached hydrogens (primary N) is 1. The third-order valence-electron chi connectivity index (χ3n) is 1.78. The van der Waals surface area contributed by atoms with Gasteiger partial charge in [-0.2, -0.15) is 0 Å². The number of carboxylic acids is 1. The van der Waals surface area contributed by atoms with Gasteiger partial charge in [-0.15, -0.1) is 0 Å². The quantitative estimate of drug-likeness (QED) is 0.763. The normalized spacial score (nSPS) is 13.1. The van der Waals surface area contributed by atoms with Crippen molar-refractivity contribution in [2.45, 2.75) is 26.3 Å². The lowest BCUT2D eigenvalue weighted by molar-refractivity contribution is 0.0659. The van der Waals surface area contributed by atoms with E-state index in [2.05, 4.69) is 4.98 Å². The molecule has 5 heteroatoms. The number of hydrogen-bond acceptors (Lipinski definition) is 4. The van der Waals surface area contributed by atoms with Crippen molar-refractivity contribution in [2.75, 3.05) is 0 Å². The standard InChI is InChI=1S/C9H14N2O3/c1-5(2)3-6(10)8-11-4-7(14-8)9(12)13/h4-6H,3,10H2,1-2H3,(H,12,13)/t6-/m0/s1. The zero-order valence-corrected chi connectivity index (χ0v) is 8.23. The molecule has 1 aromatic heterocycles. The second-order valence-electron chi connectivity index (χ2n) is 3.60. The molecule has 0 aliphatic rings. The first kappa shape index (κ1) is 10.7. The highest BCUT2D eigenvalue weighted by Gasteiger charge is 2.16. The Labute approximate surface area is 81.9 Å². The Balaban J connectivity index is 2.71. The minimum atomic E-state index is -1.12. The molecule has 0 unspecified atom stereocenters. The highest BCUT2D eigenvalue weighted by atomic mass is 16.4. The zero-order valence-electron chi connectivity index (χ0n) is 8.23. The van der Waals surface area contributed by atoms with Crippen LogP contribution in [0.25, 0.3) is 0 Å². The van der Waals surface area contributed by atoms with Gasteiger partial charge in [0.15, 0.2) is 0 Å². The van der Waals surface area contributed by atoms with Crippen molar-refractivity contribution >= 4 is 5.97 Å². The average Bonchev–Trinajstić information content (AvgIpc) is 2.50. The van der Waals surface area contributed by atoms with Gasteiger partial charge in [0, 0.05) is 0 Å². The maximum Gasteiger partial charge on any atom is 0.373 e. The van der Waals surface area contributed by atoms with Crippen molar-refractivity contribution in [2.24, 2.45) is 11.7 Å². The molecular formula is C9H14N2O3. The molecule has 0 spiro atoms. The van der Waals surface area contributed by atoms with Crippen molar-refractivity contribution in [3.05, 3.63) is 17.8 Å². The summed E-state index contributed by atoms with van der Waals surface area (Å²) in [6.07, 6.45) is 1.90. The molecule has 14 heavy (non-hydrogen) atoms. The number of rotatable bonds is 4. The van der Waals surface area contributed by atoms with Crippen LogP contribution in [0.1, 0.15) is 42.8 Å². The predicted octanol–water partition coefficient (Wildman–Crippen LogP) is 1.42. The molecule has 0 saturated carbocycles. The van der Waals surface area contributed by atoms with Crippen molar-refractivity contribution in [3.63, 3.8) is 0 Å². The summed E-state index contributed by atoms with van der Waals surface area (Å²) in [5.74, 6) is -0.582. The minimum Gasteiger partial charge on any atom is -0.475 e. The number of aromatic carboxylic acids is 1. The van der Waals surface area contributed by atoms with E-state index in [1.807, 2.05) is 13.8 Å². The molecule has 1 rings (SSSR count). The maximum atomic E-state index is 10.5. The summed E-state index contributed by atoms with van der Waals surface area (Å²) in [5, 5.41) is 8.59. The Morgan fingerprint density at radius 1 is 1.71 bits per heavy atom. The molecule has 78 valence electrons. The molecule has 0 saturated heterocycles. The van der Waals surface area contributed by atoms with Gasteiger partial charge in [0.25, 0.3) is 0 Å². The Bertz CT molecular complexity index is 320. The van der Waals surface area contributed by atoms with Crippen molar-refractivity contribution in [3.8, 4) is 0 Å². The summed E-state index contributed by atoms with van der Waals surface area (Å²) in [6.45, 7) is 4.06. The van der Waals surface area contributed by atoms with E-state index in [1.165, 1.54) is 6.20 Å². The van der Waals surface area contributed by atoms with Gasteiger partial charge in [0.05, 0.1) is 12.2 Å². The first-order valence-corrected chi connectivity index (χ1v) is 4.45. The molecule has 0 amide bonds. The van der Waals surface area contributed by atoms with Crippen LogP contribution in [0.3, 0.4) is 0 Å². The number of carboxylic acid groups (broad SMARTS) is 1.